The topological polar surface area (TPSA) is 94.2 Å². The van der Waals surface area contributed by atoms with Crippen LogP contribution in [0.25, 0.3) is 16.8 Å². The third-order valence-corrected chi connectivity index (χ3v) is 5.21. The first-order chi connectivity index (χ1) is 15.5. The zero-order chi connectivity index (χ0) is 22.9. The molecule has 170 valence electrons. The molecule has 1 heterocycles. The Hall–Kier alpha value is -3.55. The van der Waals surface area contributed by atoms with Crippen LogP contribution in [0.1, 0.15) is 25.3 Å². The van der Waals surface area contributed by atoms with Crippen molar-refractivity contribution in [1.29, 1.82) is 0 Å². The quantitative estimate of drug-likeness (QED) is 0.525. The van der Waals surface area contributed by atoms with E-state index in [4.69, 9.17) is 14.2 Å². The average molecular weight is 440 g/mol. The molecule has 8 heteroatoms. The van der Waals surface area contributed by atoms with Gasteiger partial charge in [0.2, 0.25) is 0 Å². The number of piperidine rings is 1. The van der Waals surface area contributed by atoms with Crippen LogP contribution in [0.3, 0.4) is 0 Å². The Morgan fingerprint density at radius 3 is 2.50 bits per heavy atom. The van der Waals surface area contributed by atoms with Gasteiger partial charge in [-0.2, -0.15) is 0 Å². The molecule has 1 saturated heterocycles. The summed E-state index contributed by atoms with van der Waals surface area (Å²) in [5, 5.41) is 4.90. The van der Waals surface area contributed by atoms with Gasteiger partial charge in [0, 0.05) is 25.2 Å². The summed E-state index contributed by atoms with van der Waals surface area (Å²) < 4.78 is 15.2. The highest BCUT2D eigenvalue weighted by Gasteiger charge is 2.24. The molecule has 3 rings (SSSR count). The second-order valence-electron chi connectivity index (χ2n) is 7.44. The average Bonchev–Trinajstić information content (AvgIpc) is 2.81. The van der Waals surface area contributed by atoms with Crippen molar-refractivity contribution >= 4 is 34.8 Å². The Morgan fingerprint density at radius 1 is 1.06 bits per heavy atom. The highest BCUT2D eigenvalue weighted by molar-refractivity contribution is 5.91. The molecule has 32 heavy (non-hydrogen) atoms. The first kappa shape index (κ1) is 23.1. The maximum Gasteiger partial charge on any atom is 0.409 e. The predicted octanol–water partition coefficient (Wildman–Crippen LogP) is 3.14. The molecule has 1 fully saturated rings. The van der Waals surface area contributed by atoms with Gasteiger partial charge in [-0.1, -0.05) is 18.2 Å². The molecule has 2 aromatic rings. The number of methoxy groups -OCH3 is 1. The monoisotopic (exact) mass is 440 g/mol. The van der Waals surface area contributed by atoms with Crippen molar-refractivity contribution in [1.82, 2.24) is 10.2 Å². The van der Waals surface area contributed by atoms with Crippen molar-refractivity contribution in [2.24, 2.45) is 0 Å². The summed E-state index contributed by atoms with van der Waals surface area (Å²) in [5.74, 6) is -0.166. The van der Waals surface area contributed by atoms with E-state index in [9.17, 15) is 14.4 Å². The second-order valence-corrected chi connectivity index (χ2v) is 7.44. The normalized spacial score (nSPS) is 14.4. The SMILES string of the molecule is CCOC(=O)N1CCC(NC(=O)COC(=O)/C=C/c2ccc3cc(OC)ccc3c2)CC1. The Labute approximate surface area is 187 Å². The van der Waals surface area contributed by atoms with E-state index in [1.807, 2.05) is 36.4 Å². The first-order valence-corrected chi connectivity index (χ1v) is 10.6. The fraction of sp³-hybridized carbons (Fsp3) is 0.375. The van der Waals surface area contributed by atoms with E-state index in [0.717, 1.165) is 22.1 Å². The van der Waals surface area contributed by atoms with Crippen molar-refractivity contribution < 1.29 is 28.6 Å². The van der Waals surface area contributed by atoms with Crippen LogP contribution in [0.5, 0.6) is 5.75 Å². The molecule has 1 N–H and O–H groups in total. The molecule has 0 atom stereocenters. The van der Waals surface area contributed by atoms with E-state index in [0.29, 0.717) is 32.5 Å². The lowest BCUT2D eigenvalue weighted by molar-refractivity contribution is -0.144. The van der Waals surface area contributed by atoms with E-state index in [2.05, 4.69) is 5.32 Å². The van der Waals surface area contributed by atoms with Crippen LogP contribution in [0.4, 0.5) is 4.79 Å². The Bertz CT molecular complexity index is 995. The molecule has 0 aromatic heterocycles. The van der Waals surface area contributed by atoms with Gasteiger partial charge >= 0.3 is 12.1 Å². The molecule has 0 spiro atoms. The van der Waals surface area contributed by atoms with E-state index in [-0.39, 0.29) is 24.6 Å². The molecule has 1 aliphatic heterocycles. The van der Waals surface area contributed by atoms with Crippen molar-refractivity contribution in [2.45, 2.75) is 25.8 Å². The minimum atomic E-state index is -0.591. The molecule has 0 radical (unpaired) electrons. The van der Waals surface area contributed by atoms with E-state index in [1.54, 1.807) is 25.0 Å². The molecule has 0 bridgehead atoms. The number of hydrogen-bond acceptors (Lipinski definition) is 6. The molecule has 0 unspecified atom stereocenters. The van der Waals surface area contributed by atoms with E-state index >= 15 is 0 Å². The second kappa shape index (κ2) is 11.2. The Kier molecular flexibility index (Phi) is 8.08. The fourth-order valence-electron chi connectivity index (χ4n) is 3.51. The third-order valence-electron chi connectivity index (χ3n) is 5.21. The Morgan fingerprint density at radius 2 is 1.78 bits per heavy atom. The van der Waals surface area contributed by atoms with Gasteiger partial charge in [-0.25, -0.2) is 9.59 Å². The van der Waals surface area contributed by atoms with Gasteiger partial charge in [0.1, 0.15) is 5.75 Å². The maximum atomic E-state index is 12.1. The summed E-state index contributed by atoms with van der Waals surface area (Å²) >= 11 is 0. The number of rotatable bonds is 7. The fourth-order valence-corrected chi connectivity index (χ4v) is 3.51. The summed E-state index contributed by atoms with van der Waals surface area (Å²) in [6.45, 7) is 2.79. The van der Waals surface area contributed by atoms with Gasteiger partial charge in [-0.15, -0.1) is 0 Å². The number of fused-ring (bicyclic) bond motifs is 1. The van der Waals surface area contributed by atoms with Crippen molar-refractivity contribution in [3.63, 3.8) is 0 Å². The lowest BCUT2D eigenvalue weighted by atomic mass is 10.1. The summed E-state index contributed by atoms with van der Waals surface area (Å²) in [6, 6.07) is 11.5. The largest absolute Gasteiger partial charge is 0.497 e. The lowest BCUT2D eigenvalue weighted by Crippen LogP contribution is -2.47. The minimum absolute atomic E-state index is 0.0568. The highest BCUT2D eigenvalue weighted by Crippen LogP contribution is 2.22. The van der Waals surface area contributed by atoms with Gasteiger partial charge in [-0.3, -0.25) is 4.79 Å². The van der Waals surface area contributed by atoms with Crippen LogP contribution in [0.15, 0.2) is 42.5 Å². The van der Waals surface area contributed by atoms with Crippen molar-refractivity contribution in [3.05, 3.63) is 48.0 Å². The van der Waals surface area contributed by atoms with Crippen LogP contribution in [0, 0.1) is 0 Å². The van der Waals surface area contributed by atoms with E-state index < -0.39 is 5.97 Å². The van der Waals surface area contributed by atoms with Crippen LogP contribution >= 0.6 is 0 Å². The number of carbonyl (C=O) groups is 3. The molecule has 0 saturated carbocycles. The summed E-state index contributed by atoms with van der Waals surface area (Å²) in [7, 11) is 1.62. The van der Waals surface area contributed by atoms with Crippen molar-refractivity contribution in [2.75, 3.05) is 33.4 Å². The number of nitrogens with zero attached hydrogens (tertiary/aromatic N) is 1. The van der Waals surface area contributed by atoms with Gasteiger partial charge < -0.3 is 24.4 Å². The van der Waals surface area contributed by atoms with Crippen LogP contribution in [0.2, 0.25) is 0 Å². The van der Waals surface area contributed by atoms with Crippen molar-refractivity contribution in [3.8, 4) is 5.75 Å². The molecule has 1 aliphatic rings. The molecular formula is C24H28N2O6. The number of likely N-dealkylation sites (tertiary alicyclic amines) is 1. The zero-order valence-electron chi connectivity index (χ0n) is 18.3. The number of nitrogens with one attached hydrogen (secondary N) is 1. The van der Waals surface area contributed by atoms with Crippen LogP contribution < -0.4 is 10.1 Å². The summed E-state index contributed by atoms with van der Waals surface area (Å²) in [4.78, 5) is 37.4. The number of ether oxygens (including phenoxy) is 3. The number of benzene rings is 2. The number of hydrogen-bond donors (Lipinski definition) is 1. The lowest BCUT2D eigenvalue weighted by Gasteiger charge is -2.31. The number of amides is 2. The third kappa shape index (κ3) is 6.47. The maximum absolute atomic E-state index is 12.1. The van der Waals surface area contributed by atoms with Gasteiger partial charge in [0.25, 0.3) is 5.91 Å². The Balaban J connectivity index is 1.42. The minimum Gasteiger partial charge on any atom is -0.497 e. The van der Waals surface area contributed by atoms with Gasteiger partial charge in [0.15, 0.2) is 6.61 Å². The first-order valence-electron chi connectivity index (χ1n) is 10.6. The molecule has 8 nitrogen and oxygen atoms in total. The molecular weight excluding hydrogens is 412 g/mol. The molecule has 2 aromatic carbocycles. The number of esters is 1. The smallest absolute Gasteiger partial charge is 0.409 e. The van der Waals surface area contributed by atoms with Crippen LogP contribution in [-0.4, -0.2) is 62.3 Å². The van der Waals surface area contributed by atoms with Gasteiger partial charge in [0.05, 0.1) is 13.7 Å². The molecule has 2 amide bonds. The van der Waals surface area contributed by atoms with E-state index in [1.165, 1.54) is 6.08 Å². The standard InChI is InChI=1S/C24H28N2O6/c1-3-31-24(29)26-12-10-20(11-13-26)25-22(27)16-32-23(28)9-5-17-4-6-19-15-21(30-2)8-7-18(19)14-17/h4-9,14-15,20H,3,10-13,16H2,1-2H3,(H,25,27)/b9-5+. The predicted molar refractivity (Wildman–Crippen MR) is 120 cm³/mol. The molecule has 0 aliphatic carbocycles. The highest BCUT2D eigenvalue weighted by atomic mass is 16.6. The summed E-state index contributed by atoms with van der Waals surface area (Å²) in [6.07, 6.45) is 3.88. The van der Waals surface area contributed by atoms with Crippen LogP contribution in [-0.2, 0) is 19.1 Å². The summed E-state index contributed by atoms with van der Waals surface area (Å²) in [5.41, 5.74) is 0.845. The van der Waals surface area contributed by atoms with Gasteiger partial charge in [-0.05, 0) is 60.4 Å². The number of carbonyl (C=O) groups excluding carboxylic acids is 3. The zero-order valence-corrected chi connectivity index (χ0v) is 18.3.